The molecule has 4 rings (SSSR count). The number of rotatable bonds is 3. The van der Waals surface area contributed by atoms with E-state index in [-0.39, 0.29) is 36.1 Å². The van der Waals surface area contributed by atoms with E-state index in [2.05, 4.69) is 39.4 Å². The second-order valence-electron chi connectivity index (χ2n) is 10.1. The third-order valence-corrected chi connectivity index (χ3v) is 6.86. The van der Waals surface area contributed by atoms with Crippen molar-refractivity contribution in [3.63, 3.8) is 0 Å². The Kier molecular flexibility index (Phi) is 7.89. The van der Waals surface area contributed by atoms with Crippen LogP contribution >= 0.6 is 0 Å². The Morgan fingerprint density at radius 2 is 1.92 bits per heavy atom. The molecule has 11 nitrogen and oxygen atoms in total. The molecule has 0 aliphatic carbocycles. The molecule has 11 heteroatoms. The Bertz CT molecular complexity index is 1280. The van der Waals surface area contributed by atoms with E-state index in [0.717, 1.165) is 10.9 Å². The fourth-order valence-corrected chi connectivity index (χ4v) is 4.68. The first-order valence-electron chi connectivity index (χ1n) is 12.9. The summed E-state index contributed by atoms with van der Waals surface area (Å²) in [6.45, 7) is 8.84. The number of carbonyl (C=O) groups is 3. The van der Waals surface area contributed by atoms with Crippen molar-refractivity contribution in [3.05, 3.63) is 41.6 Å². The van der Waals surface area contributed by atoms with Gasteiger partial charge in [-0.25, -0.2) is 9.67 Å². The van der Waals surface area contributed by atoms with Gasteiger partial charge in [-0.3, -0.25) is 19.5 Å². The summed E-state index contributed by atoms with van der Waals surface area (Å²) in [7, 11) is 1.64. The monoisotopic (exact) mass is 508 g/mol. The van der Waals surface area contributed by atoms with Crippen LogP contribution < -0.4 is 5.32 Å². The molecule has 2 N–H and O–H groups in total. The summed E-state index contributed by atoms with van der Waals surface area (Å²) in [6, 6.07) is 6.50. The third kappa shape index (κ3) is 5.81. The molecule has 1 aliphatic heterocycles. The van der Waals surface area contributed by atoms with E-state index in [9.17, 15) is 14.4 Å². The van der Waals surface area contributed by atoms with Crippen LogP contribution in [0.4, 0.5) is 0 Å². The predicted octanol–water partition coefficient (Wildman–Crippen LogP) is 2.45. The molecular formula is C26H36N8O3. The highest BCUT2D eigenvalue weighted by Gasteiger charge is 2.29. The van der Waals surface area contributed by atoms with Gasteiger partial charge in [0.25, 0.3) is 5.91 Å². The van der Waals surface area contributed by atoms with Crippen molar-refractivity contribution in [3.8, 4) is 0 Å². The lowest BCUT2D eigenvalue weighted by molar-refractivity contribution is -0.138. The minimum atomic E-state index is -0.643. The maximum atomic E-state index is 13.6. The molecule has 0 fully saturated rings. The molecule has 3 amide bonds. The zero-order valence-electron chi connectivity index (χ0n) is 22.2. The van der Waals surface area contributed by atoms with Crippen molar-refractivity contribution in [2.45, 2.75) is 65.6 Å². The summed E-state index contributed by atoms with van der Waals surface area (Å²) in [5, 5.41) is 15.7. The molecule has 1 aliphatic rings. The van der Waals surface area contributed by atoms with Crippen LogP contribution in [-0.2, 0) is 16.1 Å². The summed E-state index contributed by atoms with van der Waals surface area (Å²) in [6.07, 6.45) is 1.35. The molecule has 0 bridgehead atoms. The highest BCUT2D eigenvalue weighted by Crippen LogP contribution is 2.22. The number of likely N-dealkylation sites (N-methyl/N-ethyl adjacent to an activating group) is 1. The lowest BCUT2D eigenvalue weighted by Gasteiger charge is -2.29. The second-order valence-corrected chi connectivity index (χ2v) is 10.1. The molecule has 0 radical (unpaired) electrons. The minimum Gasteiger partial charge on any atom is -0.344 e. The maximum Gasteiger partial charge on any atom is 0.275 e. The van der Waals surface area contributed by atoms with Gasteiger partial charge in [0.1, 0.15) is 17.7 Å². The number of hydrogen-bond acceptors (Lipinski definition) is 6. The summed E-state index contributed by atoms with van der Waals surface area (Å²) < 4.78 is 1.79. The van der Waals surface area contributed by atoms with Crippen LogP contribution in [0.3, 0.4) is 0 Å². The van der Waals surface area contributed by atoms with Crippen LogP contribution in [-0.4, -0.2) is 78.7 Å². The predicted molar refractivity (Wildman–Crippen MR) is 139 cm³/mol. The SMILES string of the molecule is Cc1nc2n(n1)CCN(C(=O)c1n[nH]c3ccccc13)CCCC(=O)N(C)[C@@H](C)C(=O)N[C@@H]2CC(C)C. The van der Waals surface area contributed by atoms with Gasteiger partial charge in [0.15, 0.2) is 5.69 Å². The summed E-state index contributed by atoms with van der Waals surface area (Å²) >= 11 is 0. The number of carbonyl (C=O) groups excluding carboxylic acids is 3. The number of hydrogen-bond donors (Lipinski definition) is 2. The number of nitrogens with one attached hydrogen (secondary N) is 2. The largest absolute Gasteiger partial charge is 0.344 e. The Balaban J connectivity index is 1.68. The van der Waals surface area contributed by atoms with E-state index in [0.29, 0.717) is 49.8 Å². The van der Waals surface area contributed by atoms with Crippen LogP contribution in [0.25, 0.3) is 10.9 Å². The zero-order valence-corrected chi connectivity index (χ0v) is 22.2. The Morgan fingerprint density at radius 1 is 1.16 bits per heavy atom. The molecular weight excluding hydrogens is 472 g/mol. The molecule has 37 heavy (non-hydrogen) atoms. The number of H-pyrrole nitrogens is 1. The van der Waals surface area contributed by atoms with E-state index in [1.54, 1.807) is 23.6 Å². The summed E-state index contributed by atoms with van der Waals surface area (Å²) in [4.78, 5) is 47.4. The molecule has 0 spiro atoms. The van der Waals surface area contributed by atoms with E-state index in [1.807, 2.05) is 31.2 Å². The normalized spacial score (nSPS) is 20.2. The van der Waals surface area contributed by atoms with Gasteiger partial charge in [-0.1, -0.05) is 32.0 Å². The van der Waals surface area contributed by atoms with Gasteiger partial charge in [-0.2, -0.15) is 10.2 Å². The molecule has 2 aromatic heterocycles. The fraction of sp³-hybridized carbons (Fsp3) is 0.538. The van der Waals surface area contributed by atoms with Crippen molar-refractivity contribution < 1.29 is 14.4 Å². The number of nitrogens with zero attached hydrogens (tertiary/aromatic N) is 6. The summed E-state index contributed by atoms with van der Waals surface area (Å²) in [5.74, 6) is 0.957. The number of aromatic amines is 1. The Labute approximate surface area is 216 Å². The number of aromatic nitrogens is 5. The molecule has 0 saturated heterocycles. The zero-order chi connectivity index (χ0) is 26.7. The second kappa shape index (κ2) is 11.1. The van der Waals surface area contributed by atoms with Crippen LogP contribution in [0, 0.1) is 12.8 Å². The molecule has 3 aromatic rings. The average molecular weight is 509 g/mol. The first-order valence-corrected chi connectivity index (χ1v) is 12.9. The van der Waals surface area contributed by atoms with Crippen molar-refractivity contribution in [2.24, 2.45) is 5.92 Å². The maximum absolute atomic E-state index is 13.6. The Hall–Kier alpha value is -3.76. The molecule has 0 unspecified atom stereocenters. The van der Waals surface area contributed by atoms with Gasteiger partial charge in [0, 0.05) is 31.9 Å². The van der Waals surface area contributed by atoms with Crippen molar-refractivity contribution in [2.75, 3.05) is 20.1 Å². The molecule has 2 atom stereocenters. The van der Waals surface area contributed by atoms with Gasteiger partial charge >= 0.3 is 0 Å². The molecule has 198 valence electrons. The fourth-order valence-electron chi connectivity index (χ4n) is 4.68. The average Bonchev–Trinajstić information content (AvgIpc) is 3.46. The molecule has 1 aromatic carbocycles. The van der Waals surface area contributed by atoms with Crippen LogP contribution in [0.15, 0.2) is 24.3 Å². The van der Waals surface area contributed by atoms with Crippen molar-refractivity contribution in [1.29, 1.82) is 0 Å². The lowest BCUT2D eigenvalue weighted by Crippen LogP contribution is -2.47. The first kappa shape index (κ1) is 26.3. The van der Waals surface area contributed by atoms with E-state index in [4.69, 9.17) is 0 Å². The highest BCUT2D eigenvalue weighted by atomic mass is 16.2. The van der Waals surface area contributed by atoms with E-state index in [1.165, 1.54) is 4.90 Å². The smallest absolute Gasteiger partial charge is 0.275 e. The van der Waals surface area contributed by atoms with Crippen LogP contribution in [0.1, 0.15) is 68.2 Å². The lowest BCUT2D eigenvalue weighted by atomic mass is 10.0. The van der Waals surface area contributed by atoms with E-state index < -0.39 is 6.04 Å². The number of benzene rings is 1. The number of para-hydroxylation sites is 1. The summed E-state index contributed by atoms with van der Waals surface area (Å²) in [5.41, 5.74) is 1.15. The van der Waals surface area contributed by atoms with Crippen molar-refractivity contribution in [1.82, 2.24) is 40.1 Å². The van der Waals surface area contributed by atoms with Crippen LogP contribution in [0.2, 0.25) is 0 Å². The highest BCUT2D eigenvalue weighted by molar-refractivity contribution is 6.04. The quantitative estimate of drug-likeness (QED) is 0.559. The molecule has 3 heterocycles. The van der Waals surface area contributed by atoms with Gasteiger partial charge in [-0.05, 0) is 38.7 Å². The van der Waals surface area contributed by atoms with Gasteiger partial charge < -0.3 is 15.1 Å². The third-order valence-electron chi connectivity index (χ3n) is 6.86. The number of fused-ring (bicyclic) bond motifs is 2. The minimum absolute atomic E-state index is 0.142. The van der Waals surface area contributed by atoms with Crippen LogP contribution in [0.5, 0.6) is 0 Å². The number of aryl methyl sites for hydroxylation is 1. The topological polar surface area (TPSA) is 129 Å². The first-order chi connectivity index (χ1) is 17.7. The van der Waals surface area contributed by atoms with Gasteiger partial charge in [-0.15, -0.1) is 0 Å². The van der Waals surface area contributed by atoms with Crippen molar-refractivity contribution >= 4 is 28.6 Å². The number of amides is 3. The Morgan fingerprint density at radius 3 is 2.68 bits per heavy atom. The van der Waals surface area contributed by atoms with Gasteiger partial charge in [0.05, 0.1) is 18.1 Å². The molecule has 0 saturated carbocycles. The van der Waals surface area contributed by atoms with E-state index >= 15 is 0 Å². The van der Waals surface area contributed by atoms with Gasteiger partial charge in [0.2, 0.25) is 11.8 Å². The standard InChI is InChI=1S/C26H36N8O3/c1-16(2)15-21-24-27-18(4)31-34(24)14-13-33(12-8-11-22(35)32(5)17(3)25(36)28-21)26(37)23-19-9-6-7-10-20(19)29-30-23/h6-7,9-10,16-17,21H,8,11-15H2,1-5H3,(H,28,36)(H,29,30)/t17-,21+/m0/s1.